The monoisotopic (exact) mass is 481 g/mol. The number of rotatable bonds is 7. The Kier molecular flexibility index (Phi) is 6.08. The van der Waals surface area contributed by atoms with Crippen LogP contribution in [0.15, 0.2) is 68.7 Å². The maximum Gasteiger partial charge on any atom is 0.332 e. The van der Waals surface area contributed by atoms with Crippen LogP contribution in [0.4, 0.5) is 5.95 Å². The highest BCUT2D eigenvalue weighted by atomic mass is 79.9. The predicted octanol–water partition coefficient (Wildman–Crippen LogP) is 3.29. The minimum absolute atomic E-state index is 0.347. The van der Waals surface area contributed by atoms with E-state index in [1.165, 1.54) is 17.2 Å². The highest BCUT2D eigenvalue weighted by Gasteiger charge is 2.19. The Balaban J connectivity index is 1.68. The zero-order valence-electron chi connectivity index (χ0n) is 17.5. The number of imidazole rings is 1. The first-order chi connectivity index (χ1) is 15.0. The van der Waals surface area contributed by atoms with Gasteiger partial charge in [0.1, 0.15) is 0 Å². The molecule has 0 amide bonds. The van der Waals surface area contributed by atoms with E-state index in [9.17, 15) is 9.59 Å². The summed E-state index contributed by atoms with van der Waals surface area (Å²) in [6.07, 6.45) is 1.86. The van der Waals surface area contributed by atoms with Gasteiger partial charge in [-0.2, -0.15) is 4.98 Å². The fraction of sp³-hybridized carbons (Fsp3) is 0.261. The summed E-state index contributed by atoms with van der Waals surface area (Å²) in [5.74, 6) is 0.587. The van der Waals surface area contributed by atoms with E-state index in [2.05, 4.69) is 38.4 Å². The van der Waals surface area contributed by atoms with Crippen LogP contribution in [0.25, 0.3) is 11.2 Å². The number of aryl methyl sites for hydroxylation is 2. The van der Waals surface area contributed by atoms with Crippen LogP contribution in [0.1, 0.15) is 17.5 Å². The van der Waals surface area contributed by atoms with Crippen LogP contribution in [-0.2, 0) is 27.1 Å². The van der Waals surface area contributed by atoms with Crippen molar-refractivity contribution in [2.45, 2.75) is 19.4 Å². The lowest BCUT2D eigenvalue weighted by molar-refractivity contribution is 0.702. The summed E-state index contributed by atoms with van der Waals surface area (Å²) < 4.78 is 5.40. The van der Waals surface area contributed by atoms with Gasteiger partial charge in [-0.05, 0) is 36.1 Å². The molecular weight excluding hydrogens is 458 g/mol. The summed E-state index contributed by atoms with van der Waals surface area (Å²) in [6.45, 7) is 1.17. The van der Waals surface area contributed by atoms with Crippen LogP contribution in [0, 0.1) is 0 Å². The first-order valence-corrected chi connectivity index (χ1v) is 10.9. The molecule has 0 bridgehead atoms. The molecule has 0 aliphatic carbocycles. The number of hydrogen-bond acceptors (Lipinski definition) is 4. The van der Waals surface area contributed by atoms with Crippen molar-refractivity contribution in [1.82, 2.24) is 18.7 Å². The number of anilines is 1. The molecule has 2 heterocycles. The second-order valence-electron chi connectivity index (χ2n) is 7.54. The first kappa shape index (κ1) is 21.1. The zero-order valence-corrected chi connectivity index (χ0v) is 19.1. The van der Waals surface area contributed by atoms with Gasteiger partial charge in [-0.15, -0.1) is 0 Å². The molecule has 1 N–H and O–H groups in total. The van der Waals surface area contributed by atoms with Crippen LogP contribution in [-0.4, -0.2) is 25.2 Å². The average Bonchev–Trinajstić information content (AvgIpc) is 3.14. The number of hydrogen-bond donors (Lipinski definition) is 1. The molecular formula is C23H24BrN5O2. The second kappa shape index (κ2) is 8.93. The third-order valence-corrected chi connectivity index (χ3v) is 5.90. The van der Waals surface area contributed by atoms with Crippen molar-refractivity contribution in [3.05, 3.63) is 91.0 Å². The molecule has 0 aliphatic heterocycles. The Morgan fingerprint density at radius 1 is 0.935 bits per heavy atom. The van der Waals surface area contributed by atoms with Crippen molar-refractivity contribution in [1.29, 1.82) is 0 Å². The molecule has 31 heavy (non-hydrogen) atoms. The number of halogens is 1. The summed E-state index contributed by atoms with van der Waals surface area (Å²) in [4.78, 5) is 30.0. The molecule has 0 aliphatic rings. The number of aromatic nitrogens is 4. The molecule has 0 saturated carbocycles. The summed E-state index contributed by atoms with van der Waals surface area (Å²) in [6, 6.07) is 18.3. The third kappa shape index (κ3) is 4.34. The molecule has 0 atom stereocenters. The molecule has 7 nitrogen and oxygen atoms in total. The maximum atomic E-state index is 12.9. The molecule has 0 fully saturated rings. The molecule has 160 valence electrons. The molecule has 8 heteroatoms. The topological polar surface area (TPSA) is 73.8 Å². The van der Waals surface area contributed by atoms with Gasteiger partial charge in [0.2, 0.25) is 5.95 Å². The largest absolute Gasteiger partial charge is 0.356 e. The summed E-state index contributed by atoms with van der Waals surface area (Å²) >= 11 is 3.45. The van der Waals surface area contributed by atoms with E-state index in [0.717, 1.165) is 27.4 Å². The van der Waals surface area contributed by atoms with Crippen molar-refractivity contribution < 1.29 is 0 Å². The van der Waals surface area contributed by atoms with E-state index >= 15 is 0 Å². The lowest BCUT2D eigenvalue weighted by Gasteiger charge is -2.11. The maximum absolute atomic E-state index is 12.9. The standard InChI is InChI=1S/C23H24BrN5O2/c1-27-20-19(21(30)28(2)23(27)31)29(15-17-10-12-18(24)13-11-17)22(26-20)25-14-6-9-16-7-4-3-5-8-16/h3-5,7-8,10-13H,6,9,14-15H2,1-2H3,(H,25,26). The Morgan fingerprint density at radius 3 is 2.35 bits per heavy atom. The van der Waals surface area contributed by atoms with Gasteiger partial charge in [0, 0.05) is 25.1 Å². The van der Waals surface area contributed by atoms with E-state index in [1.54, 1.807) is 7.05 Å². The fourth-order valence-electron chi connectivity index (χ4n) is 3.65. The fourth-order valence-corrected chi connectivity index (χ4v) is 3.91. The summed E-state index contributed by atoms with van der Waals surface area (Å²) in [5.41, 5.74) is 2.38. The average molecular weight is 482 g/mol. The minimum Gasteiger partial charge on any atom is -0.356 e. The normalized spacial score (nSPS) is 11.2. The summed E-state index contributed by atoms with van der Waals surface area (Å²) in [7, 11) is 3.13. The zero-order chi connectivity index (χ0) is 22.0. The van der Waals surface area contributed by atoms with Gasteiger partial charge >= 0.3 is 5.69 Å². The number of nitrogens with zero attached hydrogens (tertiary/aromatic N) is 4. The van der Waals surface area contributed by atoms with Crippen molar-refractivity contribution in [2.75, 3.05) is 11.9 Å². The predicted molar refractivity (Wildman–Crippen MR) is 127 cm³/mol. The SMILES string of the molecule is Cn1c(=O)c2c(nc(NCCCc3ccccc3)n2Cc2ccc(Br)cc2)n(C)c1=O. The van der Waals surface area contributed by atoms with Gasteiger partial charge in [-0.25, -0.2) is 4.79 Å². The van der Waals surface area contributed by atoms with Crippen LogP contribution < -0.4 is 16.6 Å². The quantitative estimate of drug-likeness (QED) is 0.411. The number of fused-ring (bicyclic) bond motifs is 1. The van der Waals surface area contributed by atoms with E-state index in [4.69, 9.17) is 0 Å². The van der Waals surface area contributed by atoms with E-state index in [1.807, 2.05) is 47.0 Å². The second-order valence-corrected chi connectivity index (χ2v) is 8.46. The highest BCUT2D eigenvalue weighted by Crippen LogP contribution is 2.19. The Morgan fingerprint density at radius 2 is 1.65 bits per heavy atom. The lowest BCUT2D eigenvalue weighted by atomic mass is 10.1. The van der Waals surface area contributed by atoms with E-state index in [-0.39, 0.29) is 11.2 Å². The Bertz CT molecular complexity index is 1320. The van der Waals surface area contributed by atoms with Crippen molar-refractivity contribution >= 4 is 33.0 Å². The molecule has 0 spiro atoms. The molecule has 2 aromatic carbocycles. The van der Waals surface area contributed by atoms with E-state index < -0.39 is 0 Å². The number of nitrogens with one attached hydrogen (secondary N) is 1. The Hall–Kier alpha value is -3.13. The minimum atomic E-state index is -0.388. The molecule has 4 aromatic rings. The van der Waals surface area contributed by atoms with Gasteiger partial charge in [0.05, 0.1) is 6.54 Å². The molecule has 0 saturated heterocycles. The molecule has 0 unspecified atom stereocenters. The van der Waals surface area contributed by atoms with Gasteiger partial charge in [-0.3, -0.25) is 18.5 Å². The number of benzene rings is 2. The first-order valence-electron chi connectivity index (χ1n) is 10.1. The lowest BCUT2D eigenvalue weighted by Crippen LogP contribution is -2.37. The van der Waals surface area contributed by atoms with Crippen LogP contribution in [0.5, 0.6) is 0 Å². The molecule has 0 radical (unpaired) electrons. The van der Waals surface area contributed by atoms with Crippen molar-refractivity contribution in [2.24, 2.45) is 14.1 Å². The van der Waals surface area contributed by atoms with Crippen molar-refractivity contribution in [3.63, 3.8) is 0 Å². The van der Waals surface area contributed by atoms with Crippen LogP contribution in [0.3, 0.4) is 0 Å². The van der Waals surface area contributed by atoms with Gasteiger partial charge in [-0.1, -0.05) is 58.4 Å². The highest BCUT2D eigenvalue weighted by molar-refractivity contribution is 9.10. The molecule has 4 rings (SSSR count). The third-order valence-electron chi connectivity index (χ3n) is 5.37. The van der Waals surface area contributed by atoms with Crippen LogP contribution in [0.2, 0.25) is 0 Å². The van der Waals surface area contributed by atoms with Gasteiger partial charge in [0.25, 0.3) is 5.56 Å². The van der Waals surface area contributed by atoms with Gasteiger partial charge < -0.3 is 5.32 Å². The summed E-state index contributed by atoms with van der Waals surface area (Å²) in [5, 5.41) is 3.38. The smallest absolute Gasteiger partial charge is 0.332 e. The van der Waals surface area contributed by atoms with Crippen molar-refractivity contribution in [3.8, 4) is 0 Å². The molecule has 2 aromatic heterocycles. The Labute approximate surface area is 188 Å². The van der Waals surface area contributed by atoms with Crippen LogP contribution >= 0.6 is 15.9 Å². The van der Waals surface area contributed by atoms with E-state index in [0.29, 0.717) is 30.2 Å². The van der Waals surface area contributed by atoms with Gasteiger partial charge in [0.15, 0.2) is 11.2 Å².